The van der Waals surface area contributed by atoms with Crippen molar-refractivity contribution in [1.29, 1.82) is 0 Å². The quantitative estimate of drug-likeness (QED) is 0.103. The van der Waals surface area contributed by atoms with E-state index in [1.807, 2.05) is 20.8 Å². The number of esters is 1. The van der Waals surface area contributed by atoms with Crippen molar-refractivity contribution in [3.8, 4) is 0 Å². The Labute approximate surface area is 185 Å². The van der Waals surface area contributed by atoms with Crippen molar-refractivity contribution >= 4 is 12.1 Å². The molecule has 0 spiro atoms. The molecule has 180 valence electrons. The number of hydrogen-bond donors (Lipinski definition) is 2. The molecule has 2 N–H and O–H groups in total. The molecule has 0 saturated carbocycles. The lowest BCUT2D eigenvalue weighted by atomic mass is 9.87. The van der Waals surface area contributed by atoms with Gasteiger partial charge in [0.1, 0.15) is 6.61 Å². The summed E-state index contributed by atoms with van der Waals surface area (Å²) in [6.07, 6.45) is 2.11. The largest absolute Gasteiger partial charge is 0.462 e. The van der Waals surface area contributed by atoms with Crippen molar-refractivity contribution in [2.45, 2.75) is 52.4 Å². The second-order valence-electron chi connectivity index (χ2n) is 7.13. The van der Waals surface area contributed by atoms with E-state index in [4.69, 9.17) is 23.7 Å². The van der Waals surface area contributed by atoms with E-state index in [0.29, 0.717) is 19.6 Å². The zero-order chi connectivity index (χ0) is 23.5. The molecule has 0 fully saturated rings. The second-order valence-corrected chi connectivity index (χ2v) is 7.13. The van der Waals surface area contributed by atoms with Crippen LogP contribution in [0, 0.1) is 5.41 Å². The highest BCUT2D eigenvalue weighted by Crippen LogP contribution is 2.23. The van der Waals surface area contributed by atoms with Crippen molar-refractivity contribution in [3.05, 3.63) is 25.3 Å². The fourth-order valence-electron chi connectivity index (χ4n) is 2.37. The molecule has 0 aliphatic heterocycles. The van der Waals surface area contributed by atoms with E-state index >= 15 is 0 Å². The van der Waals surface area contributed by atoms with E-state index in [0.717, 1.165) is 18.9 Å². The number of carbonyl (C=O) groups excluding carboxylic acids is 2. The van der Waals surface area contributed by atoms with Crippen LogP contribution in [0.25, 0.3) is 0 Å². The monoisotopic (exact) mass is 445 g/mol. The lowest BCUT2D eigenvalue weighted by Gasteiger charge is -2.32. The second kappa shape index (κ2) is 17.7. The van der Waals surface area contributed by atoms with Gasteiger partial charge in [0.05, 0.1) is 19.8 Å². The zero-order valence-electron chi connectivity index (χ0n) is 19.1. The lowest BCUT2D eigenvalue weighted by molar-refractivity contribution is -0.147. The van der Waals surface area contributed by atoms with Gasteiger partial charge in [-0.1, -0.05) is 33.9 Å². The van der Waals surface area contributed by atoms with Crippen LogP contribution in [-0.4, -0.2) is 75.7 Å². The molecule has 1 amide bonds. The maximum absolute atomic E-state index is 12.4. The first kappa shape index (κ1) is 29.1. The lowest BCUT2D eigenvalue weighted by Crippen LogP contribution is -2.46. The Balaban J connectivity index is 4.96. The molecule has 0 bridgehead atoms. The van der Waals surface area contributed by atoms with Crippen LogP contribution < -0.4 is 5.32 Å². The number of rotatable bonds is 19. The molecule has 9 nitrogen and oxygen atoms in total. The number of alkyl carbamates (subject to hydrolysis) is 1. The van der Waals surface area contributed by atoms with E-state index < -0.39 is 29.9 Å². The Morgan fingerprint density at radius 1 is 1.06 bits per heavy atom. The standard InChI is InChI=1S/C22H39NO8/c1-6-11-27-13-18(14-28-12-7-2)31-21(26)23-15-22(10-5,16-29-19(24)8-3)17-30-20(25)9-4/h8-9,18-19,24H,3-4,6-7,10-17H2,1-2,5H3,(H,23,26). The molecule has 31 heavy (non-hydrogen) atoms. The van der Waals surface area contributed by atoms with Gasteiger partial charge >= 0.3 is 12.1 Å². The van der Waals surface area contributed by atoms with E-state index in [2.05, 4.69) is 18.5 Å². The predicted octanol–water partition coefficient (Wildman–Crippen LogP) is 2.58. The minimum absolute atomic E-state index is 0.0179. The van der Waals surface area contributed by atoms with Crippen molar-refractivity contribution in [2.24, 2.45) is 5.41 Å². The van der Waals surface area contributed by atoms with Crippen LogP contribution in [0.1, 0.15) is 40.0 Å². The molecule has 0 aliphatic rings. The van der Waals surface area contributed by atoms with E-state index in [1.165, 1.54) is 6.08 Å². The fourth-order valence-corrected chi connectivity index (χ4v) is 2.37. The van der Waals surface area contributed by atoms with Crippen molar-refractivity contribution < 1.29 is 38.4 Å². The Hall–Kier alpha value is -1.94. The van der Waals surface area contributed by atoms with E-state index in [9.17, 15) is 14.7 Å². The number of amides is 1. The maximum Gasteiger partial charge on any atom is 0.407 e. The van der Waals surface area contributed by atoms with Crippen LogP contribution in [0.5, 0.6) is 0 Å². The van der Waals surface area contributed by atoms with Gasteiger partial charge in [-0.2, -0.15) is 0 Å². The highest BCUT2D eigenvalue weighted by Gasteiger charge is 2.32. The smallest absolute Gasteiger partial charge is 0.407 e. The van der Waals surface area contributed by atoms with Crippen molar-refractivity contribution in [2.75, 3.05) is 46.2 Å². The van der Waals surface area contributed by atoms with Gasteiger partial charge in [0.25, 0.3) is 0 Å². The van der Waals surface area contributed by atoms with E-state index in [1.54, 1.807) is 0 Å². The fraction of sp³-hybridized carbons (Fsp3) is 0.727. The molecule has 0 rings (SSSR count). The minimum Gasteiger partial charge on any atom is -0.462 e. The Morgan fingerprint density at radius 2 is 1.68 bits per heavy atom. The van der Waals surface area contributed by atoms with Gasteiger partial charge in [0.2, 0.25) is 0 Å². The first-order valence-corrected chi connectivity index (χ1v) is 10.7. The summed E-state index contributed by atoms with van der Waals surface area (Å²) in [7, 11) is 0. The van der Waals surface area contributed by atoms with Gasteiger partial charge < -0.3 is 34.1 Å². The summed E-state index contributed by atoms with van der Waals surface area (Å²) in [6, 6.07) is 0. The summed E-state index contributed by atoms with van der Waals surface area (Å²) in [5.74, 6) is -0.592. The molecule has 0 aliphatic carbocycles. The first-order valence-electron chi connectivity index (χ1n) is 10.7. The number of nitrogens with one attached hydrogen (secondary N) is 1. The first-order chi connectivity index (χ1) is 14.9. The highest BCUT2D eigenvalue weighted by molar-refractivity contribution is 5.81. The summed E-state index contributed by atoms with van der Waals surface area (Å²) in [5.41, 5.74) is -0.783. The molecule has 0 aromatic rings. The molecule has 2 atom stereocenters. The van der Waals surface area contributed by atoms with Gasteiger partial charge in [-0.25, -0.2) is 9.59 Å². The summed E-state index contributed by atoms with van der Waals surface area (Å²) in [6.45, 7) is 14.3. The number of hydrogen-bond acceptors (Lipinski definition) is 8. The summed E-state index contributed by atoms with van der Waals surface area (Å²) in [5, 5.41) is 12.3. The number of aliphatic hydroxyl groups excluding tert-OH is 1. The molecule has 0 heterocycles. The third-order valence-electron chi connectivity index (χ3n) is 4.39. The zero-order valence-corrected chi connectivity index (χ0v) is 19.1. The minimum atomic E-state index is -1.18. The predicted molar refractivity (Wildman–Crippen MR) is 117 cm³/mol. The van der Waals surface area contributed by atoms with Crippen LogP contribution in [0.3, 0.4) is 0 Å². The van der Waals surface area contributed by atoms with Gasteiger partial charge in [-0.15, -0.1) is 0 Å². The average Bonchev–Trinajstić information content (AvgIpc) is 2.78. The Morgan fingerprint density at radius 3 is 2.16 bits per heavy atom. The van der Waals surface area contributed by atoms with Gasteiger partial charge in [-0.3, -0.25) is 0 Å². The number of carbonyl (C=O) groups is 2. The van der Waals surface area contributed by atoms with Gasteiger partial charge in [0.15, 0.2) is 12.4 Å². The molecule has 0 aromatic heterocycles. The van der Waals surface area contributed by atoms with Crippen molar-refractivity contribution in [3.63, 3.8) is 0 Å². The SMILES string of the molecule is C=CC(=O)OCC(CC)(CNC(=O)OC(COCCC)COCCC)COC(O)C=C. The van der Waals surface area contributed by atoms with Crippen LogP contribution in [0.4, 0.5) is 4.79 Å². The Kier molecular flexibility index (Phi) is 16.6. The topological polar surface area (TPSA) is 113 Å². The molecular formula is C22H39NO8. The van der Waals surface area contributed by atoms with Crippen LogP contribution in [-0.2, 0) is 28.5 Å². The molecule has 2 unspecified atom stereocenters. The maximum atomic E-state index is 12.4. The summed E-state index contributed by atoms with van der Waals surface area (Å²) >= 11 is 0. The molecule has 0 aromatic carbocycles. The van der Waals surface area contributed by atoms with Crippen LogP contribution in [0.2, 0.25) is 0 Å². The molecule has 9 heteroatoms. The number of ether oxygens (including phenoxy) is 5. The number of aliphatic hydroxyl groups is 1. The van der Waals surface area contributed by atoms with Gasteiger partial charge in [-0.05, 0) is 25.3 Å². The highest BCUT2D eigenvalue weighted by atomic mass is 16.6. The molecular weight excluding hydrogens is 406 g/mol. The third kappa shape index (κ3) is 13.9. The summed E-state index contributed by atoms with van der Waals surface area (Å²) < 4.78 is 27.0. The third-order valence-corrected chi connectivity index (χ3v) is 4.39. The van der Waals surface area contributed by atoms with Crippen molar-refractivity contribution in [1.82, 2.24) is 5.32 Å². The van der Waals surface area contributed by atoms with E-state index in [-0.39, 0.29) is 33.0 Å². The van der Waals surface area contributed by atoms with Crippen LogP contribution >= 0.6 is 0 Å². The summed E-state index contributed by atoms with van der Waals surface area (Å²) in [4.78, 5) is 23.9. The van der Waals surface area contributed by atoms with Crippen LogP contribution in [0.15, 0.2) is 25.3 Å². The average molecular weight is 446 g/mol. The van der Waals surface area contributed by atoms with Gasteiger partial charge in [0, 0.05) is 31.2 Å². The normalized spacial score (nSPS) is 13.8. The molecule has 0 saturated heterocycles. The molecule has 0 radical (unpaired) electrons. The Bertz CT molecular complexity index is 518.